The van der Waals surface area contributed by atoms with Crippen LogP contribution in [-0.2, 0) is 44.9 Å². The number of halogens is 3. The highest BCUT2D eigenvalue weighted by atomic mass is 19.3. The second kappa shape index (κ2) is 13.9. The Balaban J connectivity index is 1.17. The minimum Gasteiger partial charge on any atom is -0.395 e. The van der Waals surface area contributed by atoms with Crippen LogP contribution in [0.4, 0.5) is 18.9 Å². The molecule has 13 heteroatoms. The van der Waals surface area contributed by atoms with Crippen LogP contribution in [0.1, 0.15) is 49.1 Å². The molecule has 2 heterocycles. The number of ether oxygens (including phenoxy) is 4. The Morgan fingerprint density at radius 3 is 2.23 bits per heavy atom. The molecule has 0 unspecified atom stereocenters. The van der Waals surface area contributed by atoms with E-state index in [0.717, 1.165) is 11.1 Å². The number of hydrogen-bond donors (Lipinski definition) is 2. The zero-order valence-electron chi connectivity index (χ0n) is 29.3. The van der Waals surface area contributed by atoms with Crippen molar-refractivity contribution in [2.24, 2.45) is 0 Å². The number of aliphatic hydroxyl groups excluding tert-OH is 1. The first kappa shape index (κ1) is 36.6. The lowest BCUT2D eigenvalue weighted by Gasteiger charge is -2.43. The molecule has 0 saturated heterocycles. The lowest BCUT2D eigenvalue weighted by molar-refractivity contribution is -0.286. The van der Waals surface area contributed by atoms with Crippen molar-refractivity contribution in [2.45, 2.75) is 75.1 Å². The number of alkyl halides is 2. The fourth-order valence-corrected chi connectivity index (χ4v) is 6.66. The number of fused-ring (bicyclic) bond motifs is 2. The number of hydrogen-bond acceptors (Lipinski definition) is 6. The third-order valence-electron chi connectivity index (χ3n) is 10.1. The molecule has 1 atom stereocenters. The quantitative estimate of drug-likeness (QED) is 0.122. The van der Waals surface area contributed by atoms with Crippen LogP contribution in [0.5, 0.6) is 11.5 Å². The summed E-state index contributed by atoms with van der Waals surface area (Å²) in [6, 6.07) is 27.8. The highest BCUT2D eigenvalue weighted by molar-refractivity contribution is 6.40. The number of aromatic nitrogens is 1. The molecule has 5 aromatic rings. The molecule has 1 amide bonds. The Bertz CT molecular complexity index is 2120. The zero-order valence-corrected chi connectivity index (χ0v) is 29.3. The summed E-state index contributed by atoms with van der Waals surface area (Å²) >= 11 is 0. The fraction of sp³-hybridized carbons (Fsp3) is 0.325. The second-order valence-electron chi connectivity index (χ2n) is 14.2. The molecule has 1 saturated carbocycles. The maximum atomic E-state index is 16.0. The lowest BCUT2D eigenvalue weighted by Crippen LogP contribution is -2.52. The SMILES string of the molecule is [B]C([B])(OCc1ccccc1)C(C)(C)c1cc2cc(NC(=O)C3(c4ccc5c(c4)OC(F)(F)O5)CC3)c(F)cc2n1C[C@@H](O)COCc1ccccc1. The standard InChI is InChI=1S/C40H37B2F3N2O6/c1-37(2,39(41,42)51-23-26-11-7-4-8-12-26)35-18-27-17-31(30(43)20-32(27)47(35)21-29(48)24-50-22-25-9-5-3-6-10-25)46-36(49)38(15-16-38)28-13-14-33-34(19-28)53-40(44,45)52-33/h3-14,17-20,29,48H,15-16,21-24H2,1-2H3,(H,46,49)/t29-/m1/s1. The van der Waals surface area contributed by atoms with Crippen LogP contribution in [0, 0.1) is 5.82 Å². The van der Waals surface area contributed by atoms with E-state index in [-0.39, 0.29) is 36.9 Å². The van der Waals surface area contributed by atoms with Gasteiger partial charge in [0, 0.05) is 28.0 Å². The van der Waals surface area contributed by atoms with Gasteiger partial charge < -0.3 is 33.9 Å². The summed E-state index contributed by atoms with van der Waals surface area (Å²) in [6.07, 6.45) is -3.95. The largest absolute Gasteiger partial charge is 0.586 e. The van der Waals surface area contributed by atoms with Crippen molar-refractivity contribution in [2.75, 3.05) is 11.9 Å². The average molecular weight is 720 g/mol. The van der Waals surface area contributed by atoms with E-state index in [9.17, 15) is 18.7 Å². The molecule has 270 valence electrons. The first-order chi connectivity index (χ1) is 25.2. The van der Waals surface area contributed by atoms with Gasteiger partial charge in [-0.15, -0.1) is 8.78 Å². The highest BCUT2D eigenvalue weighted by Crippen LogP contribution is 2.52. The van der Waals surface area contributed by atoms with Gasteiger partial charge in [0.05, 0.1) is 49.1 Å². The van der Waals surface area contributed by atoms with Gasteiger partial charge in [-0.3, -0.25) is 4.79 Å². The van der Waals surface area contributed by atoms with E-state index >= 15 is 4.39 Å². The van der Waals surface area contributed by atoms with E-state index < -0.39 is 40.4 Å². The lowest BCUT2D eigenvalue weighted by atomic mass is 9.50. The fourth-order valence-electron chi connectivity index (χ4n) is 6.66. The van der Waals surface area contributed by atoms with Gasteiger partial charge in [-0.1, -0.05) is 80.6 Å². The zero-order chi connectivity index (χ0) is 37.6. The number of aliphatic hydroxyl groups is 1. The first-order valence-corrected chi connectivity index (χ1v) is 17.3. The first-order valence-electron chi connectivity index (χ1n) is 17.3. The predicted octanol–water partition coefficient (Wildman–Crippen LogP) is 6.84. The van der Waals surface area contributed by atoms with Crippen LogP contribution in [0.25, 0.3) is 10.9 Å². The number of amides is 1. The number of nitrogens with zero attached hydrogens (tertiary/aromatic N) is 1. The van der Waals surface area contributed by atoms with Gasteiger partial charge in [0.15, 0.2) is 11.5 Å². The van der Waals surface area contributed by atoms with Crippen LogP contribution in [0.3, 0.4) is 0 Å². The normalized spacial score (nSPS) is 16.4. The van der Waals surface area contributed by atoms with Crippen molar-refractivity contribution in [1.82, 2.24) is 4.57 Å². The maximum absolute atomic E-state index is 16.0. The molecule has 2 aliphatic rings. The van der Waals surface area contributed by atoms with Crippen molar-refractivity contribution in [3.8, 4) is 11.5 Å². The summed E-state index contributed by atoms with van der Waals surface area (Å²) in [6.45, 7) is 4.03. The molecule has 8 nitrogen and oxygen atoms in total. The molecule has 1 fully saturated rings. The summed E-state index contributed by atoms with van der Waals surface area (Å²) in [5.74, 6) is -1.53. The number of carbonyl (C=O) groups is 1. The van der Waals surface area contributed by atoms with Crippen LogP contribution >= 0.6 is 0 Å². The molecule has 53 heavy (non-hydrogen) atoms. The summed E-state index contributed by atoms with van der Waals surface area (Å²) in [4.78, 5) is 13.7. The van der Waals surface area contributed by atoms with Gasteiger partial charge in [0.25, 0.3) is 0 Å². The summed E-state index contributed by atoms with van der Waals surface area (Å²) in [5.41, 5.74) is 0.978. The molecule has 1 aromatic heterocycles. The molecule has 4 radical (unpaired) electrons. The topological polar surface area (TPSA) is 91.2 Å². The van der Waals surface area contributed by atoms with Crippen molar-refractivity contribution < 1.29 is 42.0 Å². The van der Waals surface area contributed by atoms with Crippen LogP contribution in [-0.4, -0.2) is 55.7 Å². The van der Waals surface area contributed by atoms with E-state index in [0.29, 0.717) is 41.6 Å². The third kappa shape index (κ3) is 7.43. The number of anilines is 1. The summed E-state index contributed by atoms with van der Waals surface area (Å²) < 4.78 is 66.0. The van der Waals surface area contributed by atoms with E-state index in [1.54, 1.807) is 24.5 Å². The van der Waals surface area contributed by atoms with E-state index in [1.165, 1.54) is 30.3 Å². The van der Waals surface area contributed by atoms with Gasteiger partial charge in [-0.05, 0) is 53.8 Å². The Morgan fingerprint density at radius 2 is 1.57 bits per heavy atom. The van der Waals surface area contributed by atoms with Crippen molar-refractivity contribution in [3.63, 3.8) is 0 Å². The van der Waals surface area contributed by atoms with Gasteiger partial charge >= 0.3 is 6.29 Å². The average Bonchev–Trinajstić information content (AvgIpc) is 3.78. The van der Waals surface area contributed by atoms with E-state index in [4.69, 9.17) is 25.2 Å². The Morgan fingerprint density at radius 1 is 0.925 bits per heavy atom. The summed E-state index contributed by atoms with van der Waals surface area (Å²) in [7, 11) is 13.4. The molecular formula is C40H37B2F3N2O6. The van der Waals surface area contributed by atoms with Gasteiger partial charge in [0.1, 0.15) is 21.5 Å². The van der Waals surface area contributed by atoms with Gasteiger partial charge in [0.2, 0.25) is 5.91 Å². The third-order valence-corrected chi connectivity index (χ3v) is 10.1. The molecule has 2 N–H and O–H groups in total. The number of rotatable bonds is 14. The molecular weight excluding hydrogens is 683 g/mol. The number of carbonyl (C=O) groups excluding carboxylic acids is 1. The van der Waals surface area contributed by atoms with Crippen molar-refractivity contribution >= 4 is 38.2 Å². The molecule has 4 aromatic carbocycles. The Kier molecular flexibility index (Phi) is 9.63. The van der Waals surface area contributed by atoms with Crippen molar-refractivity contribution in [1.29, 1.82) is 0 Å². The molecule has 7 rings (SSSR count). The predicted molar refractivity (Wildman–Crippen MR) is 195 cm³/mol. The van der Waals surface area contributed by atoms with E-state index in [1.807, 2.05) is 60.7 Å². The maximum Gasteiger partial charge on any atom is 0.586 e. The molecule has 0 bridgehead atoms. The molecule has 1 aliphatic carbocycles. The van der Waals surface area contributed by atoms with Crippen LogP contribution in [0.2, 0.25) is 0 Å². The minimum atomic E-state index is -3.80. The second-order valence-corrected chi connectivity index (χ2v) is 14.2. The Labute approximate surface area is 308 Å². The van der Waals surface area contributed by atoms with Crippen LogP contribution < -0.4 is 14.8 Å². The van der Waals surface area contributed by atoms with Gasteiger partial charge in [-0.2, -0.15) is 0 Å². The van der Waals surface area contributed by atoms with Crippen molar-refractivity contribution in [3.05, 3.63) is 125 Å². The Hall–Kier alpha value is -4.71. The minimum absolute atomic E-state index is 0.00321. The molecule has 1 aliphatic heterocycles. The number of nitrogens with one attached hydrogen (secondary N) is 1. The van der Waals surface area contributed by atoms with Crippen LogP contribution in [0.15, 0.2) is 97.1 Å². The smallest absolute Gasteiger partial charge is 0.395 e. The summed E-state index contributed by atoms with van der Waals surface area (Å²) in [5, 5.41) is 12.7. The molecule has 0 spiro atoms. The van der Waals surface area contributed by atoms with E-state index in [2.05, 4.69) is 14.8 Å². The van der Waals surface area contributed by atoms with Gasteiger partial charge in [-0.25, -0.2) is 4.39 Å². The number of benzene rings is 4. The monoisotopic (exact) mass is 720 g/mol. The highest BCUT2D eigenvalue weighted by Gasteiger charge is 2.53.